The van der Waals surface area contributed by atoms with Gasteiger partial charge in [0, 0.05) is 12.0 Å². The molecule has 0 N–H and O–H groups in total. The maximum absolute atomic E-state index is 10.5. The zero-order valence-corrected chi connectivity index (χ0v) is 6.35. The first-order valence-electron chi connectivity index (χ1n) is 3.29. The van der Waals surface area contributed by atoms with Crippen LogP contribution in [0.4, 0.5) is 0 Å². The van der Waals surface area contributed by atoms with E-state index in [-0.39, 0.29) is 12.2 Å². The number of hydrogen-bond donors (Lipinski definition) is 0. The normalized spacial score (nSPS) is 10.7. The first-order chi connectivity index (χ1) is 4.70. The molecule has 0 bridgehead atoms. The van der Waals surface area contributed by atoms with Gasteiger partial charge in [0.15, 0.2) is 0 Å². The summed E-state index contributed by atoms with van der Waals surface area (Å²) in [6.07, 6.45) is 2.88. The van der Waals surface area contributed by atoms with Crippen molar-refractivity contribution in [1.29, 1.82) is 5.26 Å². The first-order valence-corrected chi connectivity index (χ1v) is 3.29. The highest BCUT2D eigenvalue weighted by Gasteiger charge is 1.97. The van der Waals surface area contributed by atoms with E-state index in [0.717, 1.165) is 6.42 Å². The SMILES string of the molecule is CCC=C(C#N)CC(C)=O. The van der Waals surface area contributed by atoms with E-state index >= 15 is 0 Å². The van der Waals surface area contributed by atoms with Crippen molar-refractivity contribution < 1.29 is 4.79 Å². The summed E-state index contributed by atoms with van der Waals surface area (Å²) in [6.45, 7) is 3.43. The largest absolute Gasteiger partial charge is 0.300 e. The number of allylic oxidation sites excluding steroid dienone is 2. The van der Waals surface area contributed by atoms with Gasteiger partial charge in [0.25, 0.3) is 0 Å². The number of nitriles is 1. The lowest BCUT2D eigenvalue weighted by Crippen LogP contribution is -1.91. The topological polar surface area (TPSA) is 40.9 Å². The number of Topliss-reactive ketones (excluding diaryl/α,β-unsaturated/α-hetero) is 1. The minimum Gasteiger partial charge on any atom is -0.300 e. The van der Waals surface area contributed by atoms with Gasteiger partial charge in [-0.1, -0.05) is 13.0 Å². The fourth-order valence-electron chi connectivity index (χ4n) is 0.672. The lowest BCUT2D eigenvalue weighted by Gasteiger charge is -1.90. The molecular formula is C8H11NO. The molecule has 0 aromatic carbocycles. The van der Waals surface area contributed by atoms with E-state index in [1.165, 1.54) is 6.92 Å². The van der Waals surface area contributed by atoms with Gasteiger partial charge in [-0.05, 0) is 13.3 Å². The lowest BCUT2D eigenvalue weighted by atomic mass is 10.1. The summed E-state index contributed by atoms with van der Waals surface area (Å²) in [5, 5.41) is 8.44. The molecule has 0 rings (SSSR count). The van der Waals surface area contributed by atoms with Crippen molar-refractivity contribution in [3.63, 3.8) is 0 Å². The molecule has 0 saturated carbocycles. The molecular weight excluding hydrogens is 126 g/mol. The molecule has 0 amide bonds. The lowest BCUT2D eigenvalue weighted by molar-refractivity contribution is -0.116. The summed E-state index contributed by atoms with van der Waals surface area (Å²) >= 11 is 0. The Labute approximate surface area is 61.2 Å². The highest BCUT2D eigenvalue weighted by Crippen LogP contribution is 2.00. The second-order valence-corrected chi connectivity index (χ2v) is 2.13. The van der Waals surface area contributed by atoms with Crippen LogP contribution in [0.2, 0.25) is 0 Å². The molecule has 0 aromatic rings. The third-order valence-electron chi connectivity index (χ3n) is 1.03. The Morgan fingerprint density at radius 3 is 2.60 bits per heavy atom. The van der Waals surface area contributed by atoms with E-state index in [9.17, 15) is 4.79 Å². The number of carbonyl (C=O) groups excluding carboxylic acids is 1. The maximum Gasteiger partial charge on any atom is 0.134 e. The summed E-state index contributed by atoms with van der Waals surface area (Å²) in [7, 11) is 0. The number of ketones is 1. The first kappa shape index (κ1) is 8.90. The average molecular weight is 137 g/mol. The number of carbonyl (C=O) groups is 1. The van der Waals surface area contributed by atoms with Crippen LogP contribution >= 0.6 is 0 Å². The van der Waals surface area contributed by atoms with Crippen LogP contribution < -0.4 is 0 Å². The van der Waals surface area contributed by atoms with Gasteiger partial charge in [-0.15, -0.1) is 0 Å². The molecule has 2 nitrogen and oxygen atoms in total. The molecule has 10 heavy (non-hydrogen) atoms. The van der Waals surface area contributed by atoms with Crippen LogP contribution in [0, 0.1) is 11.3 Å². The van der Waals surface area contributed by atoms with Gasteiger partial charge < -0.3 is 0 Å². The molecule has 0 heterocycles. The Hall–Kier alpha value is -1.10. The van der Waals surface area contributed by atoms with E-state index < -0.39 is 0 Å². The third kappa shape index (κ3) is 3.85. The third-order valence-corrected chi connectivity index (χ3v) is 1.03. The summed E-state index contributed by atoms with van der Waals surface area (Å²) in [5.74, 6) is 0.0428. The molecule has 0 aliphatic carbocycles. The zero-order valence-electron chi connectivity index (χ0n) is 6.35. The van der Waals surface area contributed by atoms with Gasteiger partial charge in [0.05, 0.1) is 6.07 Å². The summed E-state index contributed by atoms with van der Waals surface area (Å²) in [4.78, 5) is 10.5. The van der Waals surface area contributed by atoms with Gasteiger partial charge in [-0.25, -0.2) is 0 Å². The minimum absolute atomic E-state index is 0.0428. The molecule has 0 saturated heterocycles. The Bertz CT molecular complexity index is 186. The van der Waals surface area contributed by atoms with Crippen molar-refractivity contribution >= 4 is 5.78 Å². The highest BCUT2D eigenvalue weighted by molar-refractivity contribution is 5.79. The van der Waals surface area contributed by atoms with E-state index in [4.69, 9.17) is 5.26 Å². The van der Waals surface area contributed by atoms with Gasteiger partial charge in [-0.3, -0.25) is 4.79 Å². The molecule has 0 fully saturated rings. The molecule has 0 unspecified atom stereocenters. The summed E-state index contributed by atoms with van der Waals surface area (Å²) in [5.41, 5.74) is 0.579. The van der Waals surface area contributed by atoms with Gasteiger partial charge >= 0.3 is 0 Å². The minimum atomic E-state index is 0.0428. The van der Waals surface area contributed by atoms with Crippen LogP contribution in [0.1, 0.15) is 26.7 Å². The van der Waals surface area contributed by atoms with E-state index in [1.54, 1.807) is 6.08 Å². The number of hydrogen-bond acceptors (Lipinski definition) is 2. The van der Waals surface area contributed by atoms with Gasteiger partial charge in [0.2, 0.25) is 0 Å². The second-order valence-electron chi connectivity index (χ2n) is 2.13. The predicted octanol–water partition coefficient (Wildman–Crippen LogP) is 1.83. The van der Waals surface area contributed by atoms with Crippen molar-refractivity contribution in [3.8, 4) is 6.07 Å². The fraction of sp³-hybridized carbons (Fsp3) is 0.500. The predicted molar refractivity (Wildman–Crippen MR) is 39.3 cm³/mol. The average Bonchev–Trinajstić information content (AvgIpc) is 1.86. The standard InChI is InChI=1S/C8H11NO/c1-3-4-8(6-9)5-7(2)10/h4H,3,5H2,1-2H3. The quantitative estimate of drug-likeness (QED) is 0.557. The molecule has 0 radical (unpaired) electrons. The smallest absolute Gasteiger partial charge is 0.134 e. The van der Waals surface area contributed by atoms with Crippen LogP contribution in [-0.2, 0) is 4.79 Å². The van der Waals surface area contributed by atoms with Crippen LogP contribution in [0.15, 0.2) is 11.6 Å². The van der Waals surface area contributed by atoms with Crippen LogP contribution in [0.25, 0.3) is 0 Å². The van der Waals surface area contributed by atoms with Gasteiger partial charge in [-0.2, -0.15) is 5.26 Å². The highest BCUT2D eigenvalue weighted by atomic mass is 16.1. The molecule has 0 spiro atoms. The monoisotopic (exact) mass is 137 g/mol. The molecule has 2 heteroatoms. The Balaban J connectivity index is 3.99. The summed E-state index contributed by atoms with van der Waals surface area (Å²) < 4.78 is 0. The fourth-order valence-corrected chi connectivity index (χ4v) is 0.672. The summed E-state index contributed by atoms with van der Waals surface area (Å²) in [6, 6.07) is 1.97. The van der Waals surface area contributed by atoms with Crippen molar-refractivity contribution in [2.45, 2.75) is 26.7 Å². The van der Waals surface area contributed by atoms with E-state index in [2.05, 4.69) is 0 Å². The van der Waals surface area contributed by atoms with E-state index in [0.29, 0.717) is 5.57 Å². The Morgan fingerprint density at radius 2 is 2.30 bits per heavy atom. The van der Waals surface area contributed by atoms with Crippen molar-refractivity contribution in [1.82, 2.24) is 0 Å². The molecule has 0 atom stereocenters. The molecule has 54 valence electrons. The second kappa shape index (κ2) is 4.75. The van der Waals surface area contributed by atoms with Crippen LogP contribution in [-0.4, -0.2) is 5.78 Å². The van der Waals surface area contributed by atoms with E-state index in [1.807, 2.05) is 13.0 Å². The van der Waals surface area contributed by atoms with Crippen molar-refractivity contribution in [3.05, 3.63) is 11.6 Å². The zero-order chi connectivity index (χ0) is 7.98. The van der Waals surface area contributed by atoms with Crippen LogP contribution in [0.5, 0.6) is 0 Å². The molecule has 0 aliphatic heterocycles. The van der Waals surface area contributed by atoms with Gasteiger partial charge in [0.1, 0.15) is 5.78 Å². The Morgan fingerprint density at radius 1 is 1.70 bits per heavy atom. The molecule has 0 aliphatic rings. The molecule has 0 aromatic heterocycles. The van der Waals surface area contributed by atoms with Crippen LogP contribution in [0.3, 0.4) is 0 Å². The van der Waals surface area contributed by atoms with Crippen molar-refractivity contribution in [2.75, 3.05) is 0 Å². The van der Waals surface area contributed by atoms with Crippen molar-refractivity contribution in [2.24, 2.45) is 0 Å². The number of rotatable bonds is 3. The maximum atomic E-state index is 10.5. The Kier molecular flexibility index (Phi) is 4.23. The number of nitrogens with zero attached hydrogens (tertiary/aromatic N) is 1.